The van der Waals surface area contributed by atoms with Crippen LogP contribution in [0.1, 0.15) is 77.8 Å². The summed E-state index contributed by atoms with van der Waals surface area (Å²) in [5, 5.41) is 20.6. The Labute approximate surface area is 155 Å². The number of rotatable bonds is 9. The summed E-state index contributed by atoms with van der Waals surface area (Å²) in [6.45, 7) is 11.2. The first-order valence-electron chi connectivity index (χ1n) is 8.77. The van der Waals surface area contributed by atoms with Gasteiger partial charge in [-0.25, -0.2) is 0 Å². The predicted molar refractivity (Wildman–Crippen MR) is 108 cm³/mol. The van der Waals surface area contributed by atoms with Crippen molar-refractivity contribution in [3.63, 3.8) is 0 Å². The molecule has 0 radical (unpaired) electrons. The van der Waals surface area contributed by atoms with E-state index in [0.717, 1.165) is 49.7 Å². The first kappa shape index (κ1) is 20.6. The van der Waals surface area contributed by atoms with Gasteiger partial charge in [-0.05, 0) is 55.6 Å². The monoisotopic (exact) mass is 432 g/mol. The van der Waals surface area contributed by atoms with Crippen LogP contribution < -0.4 is 0 Å². The Bertz CT molecular complexity index is 501. The van der Waals surface area contributed by atoms with Gasteiger partial charge in [0.1, 0.15) is 11.5 Å². The topological polar surface area (TPSA) is 40.5 Å². The van der Waals surface area contributed by atoms with Crippen molar-refractivity contribution in [3.05, 3.63) is 23.3 Å². The van der Waals surface area contributed by atoms with Crippen LogP contribution in [0.15, 0.2) is 12.1 Å². The van der Waals surface area contributed by atoms with Gasteiger partial charge in [-0.15, -0.1) is 0 Å². The maximum atomic E-state index is 10.5. The van der Waals surface area contributed by atoms with Crippen molar-refractivity contribution < 1.29 is 10.2 Å². The fourth-order valence-corrected chi connectivity index (χ4v) is 3.12. The molecule has 0 heterocycles. The molecule has 0 aliphatic carbocycles. The molecule has 0 bridgehead atoms. The van der Waals surface area contributed by atoms with Gasteiger partial charge in [0.05, 0.1) is 0 Å². The molecule has 132 valence electrons. The third-order valence-corrected chi connectivity index (χ3v) is 5.34. The Morgan fingerprint density at radius 1 is 0.957 bits per heavy atom. The number of aryl methyl sites for hydroxylation is 1. The van der Waals surface area contributed by atoms with E-state index in [4.69, 9.17) is 0 Å². The molecule has 0 spiro atoms. The van der Waals surface area contributed by atoms with Gasteiger partial charge in [-0.3, -0.25) is 0 Å². The summed E-state index contributed by atoms with van der Waals surface area (Å²) in [6, 6.07) is 3.61. The molecule has 0 unspecified atom stereocenters. The van der Waals surface area contributed by atoms with Crippen LogP contribution in [-0.4, -0.2) is 13.6 Å². The zero-order valence-electron chi connectivity index (χ0n) is 15.4. The molecule has 0 amide bonds. The summed E-state index contributed by atoms with van der Waals surface area (Å²) in [4.78, 5) is 0. The standard InChI is InChI=1S/C20H33IO2/c1-6-19(2,3)13-7-9-15-11-12-17(22)16(18(15)23)10-8-14-20(4,5)21/h11-12,22-23H,6-10,13-14H2,1-5H3. The number of benzene rings is 1. The van der Waals surface area contributed by atoms with Gasteiger partial charge in [0.25, 0.3) is 0 Å². The second-order valence-corrected chi connectivity index (χ2v) is 10.9. The van der Waals surface area contributed by atoms with Gasteiger partial charge >= 0.3 is 0 Å². The van der Waals surface area contributed by atoms with E-state index in [1.807, 2.05) is 6.07 Å². The lowest BCUT2D eigenvalue weighted by Gasteiger charge is -2.22. The van der Waals surface area contributed by atoms with Crippen LogP contribution in [-0.2, 0) is 12.8 Å². The lowest BCUT2D eigenvalue weighted by Crippen LogP contribution is -2.10. The molecule has 0 saturated carbocycles. The van der Waals surface area contributed by atoms with E-state index in [2.05, 4.69) is 57.2 Å². The average molecular weight is 432 g/mol. The van der Waals surface area contributed by atoms with Gasteiger partial charge in [0, 0.05) is 8.99 Å². The molecule has 1 aromatic rings. The van der Waals surface area contributed by atoms with Crippen LogP contribution in [0.25, 0.3) is 0 Å². The maximum absolute atomic E-state index is 10.5. The third-order valence-electron chi connectivity index (χ3n) is 4.80. The third kappa shape index (κ3) is 7.32. The number of phenols is 2. The number of aromatic hydroxyl groups is 2. The number of halogens is 1. The summed E-state index contributed by atoms with van der Waals surface area (Å²) in [5.74, 6) is 0.539. The highest BCUT2D eigenvalue weighted by atomic mass is 127. The molecule has 2 N–H and O–H groups in total. The Hall–Kier alpha value is -0.450. The molecular weight excluding hydrogens is 399 g/mol. The Morgan fingerprint density at radius 3 is 2.13 bits per heavy atom. The molecule has 0 aromatic heterocycles. The SMILES string of the molecule is CCC(C)(C)CCCc1ccc(O)c(CCCC(C)(C)I)c1O. The second kappa shape index (κ2) is 8.59. The van der Waals surface area contributed by atoms with Crippen molar-refractivity contribution in [3.8, 4) is 11.5 Å². The molecule has 0 aliphatic heterocycles. The molecule has 2 nitrogen and oxygen atoms in total. The highest BCUT2D eigenvalue weighted by molar-refractivity contribution is 14.1. The minimum absolute atomic E-state index is 0.228. The van der Waals surface area contributed by atoms with Crippen LogP contribution in [0, 0.1) is 5.41 Å². The van der Waals surface area contributed by atoms with Crippen molar-refractivity contribution in [2.75, 3.05) is 0 Å². The number of hydrogen-bond acceptors (Lipinski definition) is 2. The summed E-state index contributed by atoms with van der Waals surface area (Å²) in [5.41, 5.74) is 2.05. The Morgan fingerprint density at radius 2 is 1.57 bits per heavy atom. The maximum Gasteiger partial charge on any atom is 0.125 e. The van der Waals surface area contributed by atoms with E-state index < -0.39 is 0 Å². The van der Waals surface area contributed by atoms with Gasteiger partial charge in [0.2, 0.25) is 0 Å². The highest BCUT2D eigenvalue weighted by Crippen LogP contribution is 2.35. The van der Waals surface area contributed by atoms with Crippen LogP contribution in [0.2, 0.25) is 0 Å². The molecule has 1 rings (SSSR count). The van der Waals surface area contributed by atoms with Crippen LogP contribution in [0.3, 0.4) is 0 Å². The van der Waals surface area contributed by atoms with Gasteiger partial charge in [-0.2, -0.15) is 0 Å². The fraction of sp³-hybridized carbons (Fsp3) is 0.700. The first-order chi connectivity index (χ1) is 10.6. The van der Waals surface area contributed by atoms with E-state index in [9.17, 15) is 10.2 Å². The first-order valence-corrected chi connectivity index (χ1v) is 9.85. The smallest absolute Gasteiger partial charge is 0.125 e. The van der Waals surface area contributed by atoms with E-state index in [-0.39, 0.29) is 9.17 Å². The summed E-state index contributed by atoms with van der Waals surface area (Å²) < 4.78 is 0.256. The van der Waals surface area contributed by atoms with Crippen LogP contribution in [0.5, 0.6) is 11.5 Å². The zero-order valence-corrected chi connectivity index (χ0v) is 17.5. The number of phenolic OH excluding ortho intramolecular Hbond substituents is 2. The second-order valence-electron chi connectivity index (χ2n) is 8.01. The van der Waals surface area contributed by atoms with Crippen molar-refractivity contribution in [1.82, 2.24) is 0 Å². The summed E-state index contributed by atoms with van der Waals surface area (Å²) in [6.07, 6.45) is 7.05. The van der Waals surface area contributed by atoms with Crippen molar-refractivity contribution in [2.45, 2.75) is 83.0 Å². The minimum Gasteiger partial charge on any atom is -0.508 e. The van der Waals surface area contributed by atoms with Crippen molar-refractivity contribution in [2.24, 2.45) is 5.41 Å². The molecule has 0 saturated heterocycles. The minimum atomic E-state index is 0.228. The fourth-order valence-electron chi connectivity index (χ4n) is 2.74. The molecule has 23 heavy (non-hydrogen) atoms. The number of hydrogen-bond donors (Lipinski definition) is 2. The predicted octanol–water partition coefficient (Wildman–Crippen LogP) is 6.39. The lowest BCUT2D eigenvalue weighted by atomic mass is 9.84. The van der Waals surface area contributed by atoms with Gasteiger partial charge in [-0.1, -0.05) is 69.7 Å². The van der Waals surface area contributed by atoms with Crippen molar-refractivity contribution >= 4 is 22.6 Å². The van der Waals surface area contributed by atoms with E-state index in [1.165, 1.54) is 6.42 Å². The molecule has 0 atom stereocenters. The van der Waals surface area contributed by atoms with E-state index >= 15 is 0 Å². The van der Waals surface area contributed by atoms with E-state index in [1.54, 1.807) is 6.07 Å². The molecule has 0 aliphatic rings. The molecule has 3 heteroatoms. The van der Waals surface area contributed by atoms with Gasteiger partial charge in [0.15, 0.2) is 0 Å². The largest absolute Gasteiger partial charge is 0.508 e. The Balaban J connectivity index is 2.70. The van der Waals surface area contributed by atoms with E-state index in [0.29, 0.717) is 11.2 Å². The summed E-state index contributed by atoms with van der Waals surface area (Å²) in [7, 11) is 0. The average Bonchev–Trinajstić information content (AvgIpc) is 2.44. The molecule has 0 fully saturated rings. The van der Waals surface area contributed by atoms with Crippen LogP contribution >= 0.6 is 22.6 Å². The summed E-state index contributed by atoms with van der Waals surface area (Å²) >= 11 is 2.45. The van der Waals surface area contributed by atoms with Crippen LogP contribution in [0.4, 0.5) is 0 Å². The normalized spacial score (nSPS) is 12.6. The molecule has 1 aromatic carbocycles. The lowest BCUT2D eigenvalue weighted by molar-refractivity contribution is 0.312. The quantitative estimate of drug-likeness (QED) is 0.351. The number of alkyl halides is 1. The highest BCUT2D eigenvalue weighted by Gasteiger charge is 2.17. The zero-order chi connectivity index (χ0) is 17.7. The van der Waals surface area contributed by atoms with Gasteiger partial charge < -0.3 is 10.2 Å². The van der Waals surface area contributed by atoms with Crippen molar-refractivity contribution in [1.29, 1.82) is 0 Å². The molecular formula is C20H33IO2. The Kier molecular flexibility index (Phi) is 7.69.